The van der Waals surface area contributed by atoms with Gasteiger partial charge in [-0.3, -0.25) is 19.4 Å². The Kier molecular flexibility index (Phi) is 6.35. The van der Waals surface area contributed by atoms with Crippen molar-refractivity contribution in [3.63, 3.8) is 0 Å². The number of rotatable bonds is 6. The third-order valence-electron chi connectivity index (χ3n) is 4.62. The predicted molar refractivity (Wildman–Crippen MR) is 104 cm³/mol. The average Bonchev–Trinajstić information content (AvgIpc) is 3.09. The summed E-state index contributed by atoms with van der Waals surface area (Å²) in [5, 5.41) is 12.1. The molecule has 2 amide bonds. The molecule has 3 heterocycles. The van der Waals surface area contributed by atoms with Crippen molar-refractivity contribution in [2.24, 2.45) is 5.92 Å². The van der Waals surface area contributed by atoms with Crippen LogP contribution in [0.3, 0.4) is 0 Å². The van der Waals surface area contributed by atoms with Crippen LogP contribution in [0.4, 0.5) is 0 Å². The summed E-state index contributed by atoms with van der Waals surface area (Å²) < 4.78 is 0. The van der Waals surface area contributed by atoms with Crippen molar-refractivity contribution in [1.82, 2.24) is 20.2 Å². The van der Waals surface area contributed by atoms with E-state index >= 15 is 0 Å². The van der Waals surface area contributed by atoms with Gasteiger partial charge in [0.2, 0.25) is 5.91 Å². The minimum atomic E-state index is -0.953. The zero-order chi connectivity index (χ0) is 20.1. The lowest BCUT2D eigenvalue weighted by Crippen LogP contribution is -2.45. The third-order valence-corrected chi connectivity index (χ3v) is 5.81. The van der Waals surface area contributed by atoms with Crippen LogP contribution in [0, 0.1) is 12.8 Å². The molecule has 0 aromatic carbocycles. The summed E-state index contributed by atoms with van der Waals surface area (Å²) in [6.45, 7) is 2.83. The van der Waals surface area contributed by atoms with E-state index in [-0.39, 0.29) is 30.7 Å². The van der Waals surface area contributed by atoms with Gasteiger partial charge in [-0.05, 0) is 31.9 Å². The Morgan fingerprint density at radius 1 is 1.39 bits per heavy atom. The number of likely N-dealkylation sites (tertiary alicyclic amines) is 1. The van der Waals surface area contributed by atoms with Gasteiger partial charge in [0.25, 0.3) is 5.91 Å². The van der Waals surface area contributed by atoms with E-state index < -0.39 is 5.97 Å². The van der Waals surface area contributed by atoms with Crippen molar-refractivity contribution < 1.29 is 19.5 Å². The summed E-state index contributed by atoms with van der Waals surface area (Å²) >= 11 is 1.33. The first-order valence-corrected chi connectivity index (χ1v) is 9.94. The molecule has 0 radical (unpaired) electrons. The van der Waals surface area contributed by atoms with Crippen LogP contribution in [0.5, 0.6) is 0 Å². The smallest absolute Gasteiger partial charge is 0.305 e. The summed E-state index contributed by atoms with van der Waals surface area (Å²) in [6.07, 6.45) is 4.70. The lowest BCUT2D eigenvalue weighted by atomic mass is 9.97. The molecule has 2 N–H and O–H groups in total. The van der Waals surface area contributed by atoms with Crippen molar-refractivity contribution in [3.8, 4) is 10.6 Å². The molecular weight excluding hydrogens is 380 g/mol. The minimum absolute atomic E-state index is 0.0983. The Morgan fingerprint density at radius 2 is 2.21 bits per heavy atom. The van der Waals surface area contributed by atoms with Crippen LogP contribution < -0.4 is 5.32 Å². The second kappa shape index (κ2) is 8.92. The second-order valence-electron chi connectivity index (χ2n) is 6.70. The number of amides is 2. The number of aliphatic carboxylic acids is 1. The molecule has 148 valence electrons. The van der Waals surface area contributed by atoms with Gasteiger partial charge >= 0.3 is 5.97 Å². The molecule has 1 aliphatic heterocycles. The fourth-order valence-corrected chi connectivity index (χ4v) is 4.19. The number of hydrogen-bond donors (Lipinski definition) is 2. The summed E-state index contributed by atoms with van der Waals surface area (Å²) in [7, 11) is 0. The Labute approximate surface area is 166 Å². The van der Waals surface area contributed by atoms with Crippen LogP contribution in [0.2, 0.25) is 0 Å². The molecule has 1 fully saturated rings. The van der Waals surface area contributed by atoms with Gasteiger partial charge in [0, 0.05) is 37.6 Å². The highest BCUT2D eigenvalue weighted by Crippen LogP contribution is 2.29. The standard InChI is InChI=1S/C19H22N4O4S/c1-12-16(28-18(22-12)13-4-2-7-20-10-13)19(27)23-9-3-5-14(11-23)17(26)21-8-6-15(24)25/h2,4,7,10,14H,3,5-6,8-9,11H2,1H3,(H,21,26)(H,24,25). The number of hydrogen-bond acceptors (Lipinski definition) is 6. The topological polar surface area (TPSA) is 112 Å². The zero-order valence-electron chi connectivity index (χ0n) is 15.6. The van der Waals surface area contributed by atoms with Gasteiger partial charge in [-0.1, -0.05) is 0 Å². The molecular formula is C19H22N4O4S. The van der Waals surface area contributed by atoms with Crippen LogP contribution >= 0.6 is 11.3 Å². The summed E-state index contributed by atoms with van der Waals surface area (Å²) in [5.41, 5.74) is 1.53. The Hall–Kier alpha value is -2.81. The first-order valence-electron chi connectivity index (χ1n) is 9.12. The highest BCUT2D eigenvalue weighted by atomic mass is 32.1. The highest BCUT2D eigenvalue weighted by Gasteiger charge is 2.30. The van der Waals surface area contributed by atoms with E-state index in [1.165, 1.54) is 11.3 Å². The number of pyridine rings is 1. The number of aryl methyl sites for hydroxylation is 1. The van der Waals surface area contributed by atoms with Crippen LogP contribution in [0.15, 0.2) is 24.5 Å². The SMILES string of the molecule is Cc1nc(-c2cccnc2)sc1C(=O)N1CCCC(C(=O)NCCC(=O)O)C1. The lowest BCUT2D eigenvalue weighted by Gasteiger charge is -2.31. The molecule has 1 atom stereocenters. The lowest BCUT2D eigenvalue weighted by molar-refractivity contribution is -0.137. The van der Waals surface area contributed by atoms with Gasteiger partial charge in [0.05, 0.1) is 18.0 Å². The number of nitrogens with one attached hydrogen (secondary N) is 1. The molecule has 0 bridgehead atoms. The monoisotopic (exact) mass is 402 g/mol. The third kappa shape index (κ3) is 4.72. The maximum Gasteiger partial charge on any atom is 0.305 e. The number of nitrogens with zero attached hydrogens (tertiary/aromatic N) is 3. The number of piperidine rings is 1. The predicted octanol–water partition coefficient (Wildman–Crippen LogP) is 1.96. The molecule has 1 unspecified atom stereocenters. The maximum absolute atomic E-state index is 13.0. The number of carboxylic acids is 1. The molecule has 0 aliphatic carbocycles. The number of aromatic nitrogens is 2. The van der Waals surface area contributed by atoms with Crippen molar-refractivity contribution >= 4 is 29.1 Å². The van der Waals surface area contributed by atoms with Crippen molar-refractivity contribution in [1.29, 1.82) is 0 Å². The van der Waals surface area contributed by atoms with Gasteiger partial charge < -0.3 is 15.3 Å². The Balaban J connectivity index is 1.66. The van der Waals surface area contributed by atoms with Gasteiger partial charge in [-0.25, -0.2) is 4.98 Å². The molecule has 2 aromatic rings. The molecule has 1 aliphatic rings. The number of carbonyl (C=O) groups excluding carboxylic acids is 2. The van der Waals surface area contributed by atoms with Gasteiger partial charge in [0.15, 0.2) is 0 Å². The molecule has 8 nitrogen and oxygen atoms in total. The molecule has 28 heavy (non-hydrogen) atoms. The Bertz CT molecular complexity index is 868. The zero-order valence-corrected chi connectivity index (χ0v) is 16.4. The van der Waals surface area contributed by atoms with Gasteiger partial charge in [0.1, 0.15) is 9.88 Å². The molecule has 9 heteroatoms. The normalized spacial score (nSPS) is 16.6. The fraction of sp³-hybridized carbons (Fsp3) is 0.421. The molecule has 2 aromatic heterocycles. The van der Waals surface area contributed by atoms with Crippen molar-refractivity contribution in [2.75, 3.05) is 19.6 Å². The van der Waals surface area contributed by atoms with Crippen LogP contribution in [-0.2, 0) is 9.59 Å². The maximum atomic E-state index is 13.0. The Morgan fingerprint density at radius 3 is 2.93 bits per heavy atom. The van der Waals surface area contributed by atoms with Gasteiger partial charge in [-0.2, -0.15) is 0 Å². The minimum Gasteiger partial charge on any atom is -0.481 e. The number of carbonyl (C=O) groups is 3. The molecule has 0 saturated carbocycles. The average molecular weight is 402 g/mol. The summed E-state index contributed by atoms with van der Waals surface area (Å²) in [6, 6.07) is 3.73. The molecule has 0 spiro atoms. The first kappa shape index (κ1) is 19.9. The highest BCUT2D eigenvalue weighted by molar-refractivity contribution is 7.17. The summed E-state index contributed by atoms with van der Waals surface area (Å²) in [4.78, 5) is 46.7. The number of carboxylic acid groups (broad SMARTS) is 1. The molecule has 1 saturated heterocycles. The second-order valence-corrected chi connectivity index (χ2v) is 7.70. The van der Waals surface area contributed by atoms with E-state index in [2.05, 4.69) is 15.3 Å². The van der Waals surface area contributed by atoms with E-state index in [0.29, 0.717) is 30.1 Å². The van der Waals surface area contributed by atoms with Crippen molar-refractivity contribution in [3.05, 3.63) is 35.1 Å². The summed E-state index contributed by atoms with van der Waals surface area (Å²) in [5.74, 6) is -1.59. The first-order chi connectivity index (χ1) is 13.5. The largest absolute Gasteiger partial charge is 0.481 e. The van der Waals surface area contributed by atoms with E-state index in [1.54, 1.807) is 17.3 Å². The van der Waals surface area contributed by atoms with E-state index in [4.69, 9.17) is 5.11 Å². The van der Waals surface area contributed by atoms with E-state index in [0.717, 1.165) is 17.0 Å². The molecule has 3 rings (SSSR count). The van der Waals surface area contributed by atoms with Crippen molar-refractivity contribution in [2.45, 2.75) is 26.2 Å². The quantitative estimate of drug-likeness (QED) is 0.764. The van der Waals surface area contributed by atoms with Crippen LogP contribution in [-0.4, -0.2) is 57.4 Å². The van der Waals surface area contributed by atoms with Crippen LogP contribution in [0.25, 0.3) is 10.6 Å². The van der Waals surface area contributed by atoms with Crippen LogP contribution in [0.1, 0.15) is 34.6 Å². The number of thiazole rings is 1. The fourth-order valence-electron chi connectivity index (χ4n) is 3.16. The van der Waals surface area contributed by atoms with E-state index in [9.17, 15) is 14.4 Å². The van der Waals surface area contributed by atoms with E-state index in [1.807, 2.05) is 19.1 Å². The van der Waals surface area contributed by atoms with Gasteiger partial charge in [-0.15, -0.1) is 11.3 Å².